The topological polar surface area (TPSA) is 76.7 Å². The third-order valence-corrected chi connectivity index (χ3v) is 7.22. The van der Waals surface area contributed by atoms with Crippen molar-refractivity contribution in [1.82, 2.24) is 10.6 Å². The highest BCUT2D eigenvalue weighted by Gasteiger charge is 2.57. The van der Waals surface area contributed by atoms with Gasteiger partial charge < -0.3 is 20.1 Å². The predicted octanol–water partition coefficient (Wildman–Crippen LogP) is 2.27. The van der Waals surface area contributed by atoms with Crippen LogP contribution in [0.3, 0.4) is 0 Å². The van der Waals surface area contributed by atoms with Crippen molar-refractivity contribution in [2.24, 2.45) is 23.7 Å². The molecule has 4 aliphatic carbocycles. The largest absolute Gasteiger partial charge is 0.497 e. The smallest absolute Gasteiger partial charge is 0.309 e. The van der Waals surface area contributed by atoms with E-state index in [9.17, 15) is 9.59 Å². The molecule has 0 unspecified atom stereocenters. The maximum absolute atomic E-state index is 12.4. The van der Waals surface area contributed by atoms with Gasteiger partial charge in [-0.3, -0.25) is 9.59 Å². The summed E-state index contributed by atoms with van der Waals surface area (Å²) in [5.41, 5.74) is 0.575. The summed E-state index contributed by atoms with van der Waals surface area (Å²) >= 11 is 0. The zero-order chi connectivity index (χ0) is 19.7. The first kappa shape index (κ1) is 19.2. The molecule has 5 rings (SSSR count). The molecular weight excluding hydrogens is 356 g/mol. The monoisotopic (exact) mass is 386 g/mol. The summed E-state index contributed by atoms with van der Waals surface area (Å²) in [6.45, 7) is 0.706. The molecule has 0 heterocycles. The molecule has 2 amide bonds. The lowest BCUT2D eigenvalue weighted by Gasteiger charge is -2.60. The number of nitrogens with one attached hydrogen (secondary N) is 2. The van der Waals surface area contributed by atoms with E-state index in [1.807, 2.05) is 24.3 Å². The summed E-state index contributed by atoms with van der Waals surface area (Å²) in [7, 11) is 3.36. The number of methoxy groups -OCH3 is 2. The number of ether oxygens (including phenoxy) is 2. The van der Waals surface area contributed by atoms with E-state index in [4.69, 9.17) is 9.47 Å². The summed E-state index contributed by atoms with van der Waals surface area (Å²) < 4.78 is 11.2. The van der Waals surface area contributed by atoms with Crippen LogP contribution in [-0.4, -0.2) is 38.2 Å². The molecule has 0 radical (unpaired) electrons. The van der Waals surface area contributed by atoms with Crippen LogP contribution in [0.4, 0.5) is 0 Å². The van der Waals surface area contributed by atoms with Gasteiger partial charge in [-0.2, -0.15) is 0 Å². The fourth-order valence-electron chi connectivity index (χ4n) is 6.02. The Morgan fingerprint density at radius 1 is 1.00 bits per heavy atom. The fourth-order valence-corrected chi connectivity index (χ4v) is 6.02. The van der Waals surface area contributed by atoms with Crippen molar-refractivity contribution < 1.29 is 19.1 Å². The average molecular weight is 386 g/mol. The van der Waals surface area contributed by atoms with Crippen molar-refractivity contribution in [2.45, 2.75) is 44.2 Å². The lowest BCUT2D eigenvalue weighted by atomic mass is 9.49. The van der Waals surface area contributed by atoms with Gasteiger partial charge in [0.25, 0.3) is 0 Å². The van der Waals surface area contributed by atoms with E-state index in [1.165, 1.54) is 32.1 Å². The van der Waals surface area contributed by atoms with E-state index in [-0.39, 0.29) is 12.1 Å². The number of carbonyl (C=O) groups is 2. The van der Waals surface area contributed by atoms with Crippen LogP contribution in [0.2, 0.25) is 0 Å². The maximum Gasteiger partial charge on any atom is 0.309 e. The van der Waals surface area contributed by atoms with E-state index in [1.54, 1.807) is 14.2 Å². The van der Waals surface area contributed by atoms with Crippen LogP contribution in [0.1, 0.15) is 37.7 Å². The number of amides is 2. The zero-order valence-corrected chi connectivity index (χ0v) is 16.7. The molecule has 2 N–H and O–H groups in total. The lowest BCUT2D eigenvalue weighted by Crippen LogP contribution is -2.63. The zero-order valence-electron chi connectivity index (χ0n) is 16.7. The van der Waals surface area contributed by atoms with Crippen molar-refractivity contribution in [3.05, 3.63) is 29.8 Å². The van der Waals surface area contributed by atoms with Crippen molar-refractivity contribution in [3.8, 4) is 5.75 Å². The minimum absolute atomic E-state index is 0.285. The van der Waals surface area contributed by atoms with Crippen molar-refractivity contribution in [2.75, 3.05) is 20.8 Å². The van der Waals surface area contributed by atoms with Crippen LogP contribution >= 0.6 is 0 Å². The van der Waals surface area contributed by atoms with Gasteiger partial charge in [-0.25, -0.2) is 0 Å². The Morgan fingerprint density at radius 3 is 2.25 bits per heavy atom. The second-order valence-corrected chi connectivity index (χ2v) is 8.68. The van der Waals surface area contributed by atoms with Gasteiger partial charge in [0, 0.05) is 20.2 Å². The van der Waals surface area contributed by atoms with E-state index in [0.717, 1.165) is 23.1 Å². The molecule has 28 heavy (non-hydrogen) atoms. The maximum atomic E-state index is 12.4. The third kappa shape index (κ3) is 3.50. The number of carbonyl (C=O) groups excluding carboxylic acids is 2. The Bertz CT molecular complexity index is 720. The van der Waals surface area contributed by atoms with Gasteiger partial charge in [0.2, 0.25) is 0 Å². The van der Waals surface area contributed by atoms with Crippen LogP contribution in [-0.2, 0) is 20.9 Å². The van der Waals surface area contributed by atoms with Gasteiger partial charge in [-0.1, -0.05) is 12.1 Å². The predicted molar refractivity (Wildman–Crippen MR) is 105 cm³/mol. The summed E-state index contributed by atoms with van der Waals surface area (Å²) in [5.74, 6) is 2.16. The minimum atomic E-state index is -0.613. The molecular formula is C22H30N2O4. The highest BCUT2D eigenvalue weighted by molar-refractivity contribution is 6.35. The van der Waals surface area contributed by atoms with Gasteiger partial charge in [0.05, 0.1) is 12.7 Å². The van der Waals surface area contributed by atoms with Crippen molar-refractivity contribution in [1.29, 1.82) is 0 Å². The van der Waals surface area contributed by atoms with Crippen molar-refractivity contribution >= 4 is 11.8 Å². The highest BCUT2D eigenvalue weighted by Crippen LogP contribution is 2.59. The third-order valence-electron chi connectivity index (χ3n) is 7.22. The van der Waals surface area contributed by atoms with Crippen molar-refractivity contribution in [3.63, 3.8) is 0 Å². The second kappa shape index (κ2) is 7.74. The van der Waals surface area contributed by atoms with Gasteiger partial charge in [0.1, 0.15) is 5.75 Å². The van der Waals surface area contributed by atoms with Gasteiger partial charge in [-0.05, 0) is 73.5 Å². The number of hydrogen-bond donors (Lipinski definition) is 2. The van der Waals surface area contributed by atoms with Gasteiger partial charge in [0.15, 0.2) is 0 Å². The number of hydrogen-bond acceptors (Lipinski definition) is 4. The first-order valence-electron chi connectivity index (χ1n) is 10.3. The normalized spacial score (nSPS) is 32.8. The number of benzene rings is 1. The quantitative estimate of drug-likeness (QED) is 0.736. The van der Waals surface area contributed by atoms with Gasteiger partial charge >= 0.3 is 11.8 Å². The van der Waals surface area contributed by atoms with Crippen LogP contribution in [0, 0.1) is 23.7 Å². The molecule has 0 saturated heterocycles. The Balaban J connectivity index is 1.32. The molecule has 6 heteroatoms. The summed E-state index contributed by atoms with van der Waals surface area (Å²) in [6.07, 6.45) is 6.14. The first-order valence-corrected chi connectivity index (χ1v) is 10.3. The molecule has 4 bridgehead atoms. The molecule has 152 valence electrons. The molecule has 0 aliphatic heterocycles. The fraction of sp³-hybridized carbons (Fsp3) is 0.636. The average Bonchev–Trinajstić information content (AvgIpc) is 2.71. The molecule has 0 aromatic heterocycles. The number of rotatable bonds is 6. The summed E-state index contributed by atoms with van der Waals surface area (Å²) in [4.78, 5) is 24.6. The Labute approximate surface area is 166 Å². The molecule has 4 saturated carbocycles. The molecule has 0 spiro atoms. The summed E-state index contributed by atoms with van der Waals surface area (Å²) in [5, 5.41) is 5.55. The molecule has 4 fully saturated rings. The Kier molecular flexibility index (Phi) is 5.32. The first-order chi connectivity index (χ1) is 13.5. The molecule has 1 aromatic carbocycles. The van der Waals surface area contributed by atoms with Crippen LogP contribution < -0.4 is 15.4 Å². The summed E-state index contributed by atoms with van der Waals surface area (Å²) in [6, 6.07) is 7.42. The Hall–Kier alpha value is -2.08. The SMILES string of the molecule is COc1cccc(CNC(=O)C(=O)NCC2(OC)C3CC4CC(C3)CC2C4)c1. The van der Waals surface area contributed by atoms with E-state index >= 15 is 0 Å². The molecule has 4 aliphatic rings. The lowest BCUT2D eigenvalue weighted by molar-refractivity contribution is -0.188. The molecule has 6 nitrogen and oxygen atoms in total. The Morgan fingerprint density at radius 2 is 1.64 bits per heavy atom. The van der Waals surface area contributed by atoms with E-state index < -0.39 is 11.8 Å². The van der Waals surface area contributed by atoms with Crippen LogP contribution in [0.5, 0.6) is 5.75 Å². The van der Waals surface area contributed by atoms with Gasteiger partial charge in [-0.15, -0.1) is 0 Å². The highest BCUT2D eigenvalue weighted by atomic mass is 16.5. The standard InChI is InChI=1S/C22H30N2O4/c1-27-19-5-3-4-14(11-19)12-23-20(25)21(26)24-13-22(28-2)17-7-15-6-16(9-17)10-18(22)8-15/h3-5,11,15-18H,6-10,12-13H2,1-2H3,(H,23,25)(H,24,26). The minimum Gasteiger partial charge on any atom is -0.497 e. The second-order valence-electron chi connectivity index (χ2n) is 8.68. The molecule has 1 aromatic rings. The van der Waals surface area contributed by atoms with E-state index in [2.05, 4.69) is 10.6 Å². The molecule has 0 atom stereocenters. The van der Waals surface area contributed by atoms with Crippen LogP contribution in [0.15, 0.2) is 24.3 Å². The van der Waals surface area contributed by atoms with Crippen LogP contribution in [0.25, 0.3) is 0 Å². The van der Waals surface area contributed by atoms with E-state index in [0.29, 0.717) is 18.4 Å².